The molecule has 0 unspecified atom stereocenters. The third kappa shape index (κ3) is 5.07. The summed E-state index contributed by atoms with van der Waals surface area (Å²) >= 11 is 0. The van der Waals surface area contributed by atoms with E-state index in [2.05, 4.69) is 24.2 Å². The summed E-state index contributed by atoms with van der Waals surface area (Å²) < 4.78 is 0. The second-order valence-electron chi connectivity index (χ2n) is 6.85. The zero-order valence-corrected chi connectivity index (χ0v) is 13.2. The Labute approximate surface area is 120 Å². The first-order valence-corrected chi connectivity index (χ1v) is 8.73. The van der Waals surface area contributed by atoms with E-state index in [-0.39, 0.29) is 0 Å². The standard InChI is InChI=1S/C17H34N2/c1-3-15-9-11-17(12-10-15)19(2)14-13-18-16-7-5-4-6-8-16/h15-18H,3-14H2,1-2H3. The average Bonchev–Trinajstić information content (AvgIpc) is 2.48. The van der Waals surface area contributed by atoms with E-state index in [1.54, 1.807) is 0 Å². The van der Waals surface area contributed by atoms with Crippen molar-refractivity contribution in [2.45, 2.75) is 83.2 Å². The third-order valence-electron chi connectivity index (χ3n) is 5.52. The second-order valence-corrected chi connectivity index (χ2v) is 6.85. The van der Waals surface area contributed by atoms with Gasteiger partial charge in [-0.25, -0.2) is 0 Å². The number of hydrogen-bond acceptors (Lipinski definition) is 2. The molecule has 2 aliphatic carbocycles. The lowest BCUT2D eigenvalue weighted by atomic mass is 9.84. The predicted octanol–water partition coefficient (Wildman–Crippen LogP) is 3.81. The Kier molecular flexibility index (Phi) is 6.66. The van der Waals surface area contributed by atoms with Crippen LogP contribution < -0.4 is 5.32 Å². The molecule has 0 atom stereocenters. The SMILES string of the molecule is CCC1CCC(N(C)CCNC2CCCCC2)CC1. The van der Waals surface area contributed by atoms with Crippen molar-refractivity contribution in [1.29, 1.82) is 0 Å². The summed E-state index contributed by atoms with van der Waals surface area (Å²) in [5.74, 6) is 1.02. The van der Waals surface area contributed by atoms with Crippen LogP contribution in [0.3, 0.4) is 0 Å². The number of nitrogens with zero attached hydrogens (tertiary/aromatic N) is 1. The van der Waals surface area contributed by atoms with Crippen molar-refractivity contribution >= 4 is 0 Å². The lowest BCUT2D eigenvalue weighted by Gasteiger charge is -2.35. The smallest absolute Gasteiger partial charge is 0.0107 e. The van der Waals surface area contributed by atoms with Crippen LogP contribution in [0.5, 0.6) is 0 Å². The van der Waals surface area contributed by atoms with Crippen molar-refractivity contribution in [3.63, 3.8) is 0 Å². The molecule has 2 nitrogen and oxygen atoms in total. The van der Waals surface area contributed by atoms with Gasteiger partial charge in [-0.15, -0.1) is 0 Å². The molecule has 0 radical (unpaired) electrons. The van der Waals surface area contributed by atoms with E-state index in [0.717, 1.165) is 18.0 Å². The van der Waals surface area contributed by atoms with E-state index in [1.165, 1.54) is 77.3 Å². The molecule has 0 aliphatic heterocycles. The maximum Gasteiger partial charge on any atom is 0.0107 e. The Morgan fingerprint density at radius 3 is 2.26 bits per heavy atom. The molecule has 0 bridgehead atoms. The molecule has 2 fully saturated rings. The molecule has 112 valence electrons. The molecule has 0 saturated heterocycles. The van der Waals surface area contributed by atoms with Crippen LogP contribution in [0.4, 0.5) is 0 Å². The van der Waals surface area contributed by atoms with Crippen LogP contribution in [0, 0.1) is 5.92 Å². The molecule has 0 amide bonds. The van der Waals surface area contributed by atoms with Crippen molar-refractivity contribution in [1.82, 2.24) is 10.2 Å². The van der Waals surface area contributed by atoms with Crippen molar-refractivity contribution < 1.29 is 0 Å². The molecule has 2 rings (SSSR count). The fourth-order valence-electron chi connectivity index (χ4n) is 3.93. The van der Waals surface area contributed by atoms with E-state index < -0.39 is 0 Å². The second kappa shape index (κ2) is 8.26. The Morgan fingerprint density at radius 2 is 1.63 bits per heavy atom. The first-order valence-electron chi connectivity index (χ1n) is 8.73. The molecular weight excluding hydrogens is 232 g/mol. The van der Waals surface area contributed by atoms with Crippen LogP contribution in [-0.4, -0.2) is 37.1 Å². The molecular formula is C17H34N2. The summed E-state index contributed by atoms with van der Waals surface area (Å²) in [6, 6.07) is 1.67. The van der Waals surface area contributed by atoms with Crippen LogP contribution >= 0.6 is 0 Å². The van der Waals surface area contributed by atoms with Gasteiger partial charge in [0.05, 0.1) is 0 Å². The largest absolute Gasteiger partial charge is 0.313 e. The van der Waals surface area contributed by atoms with Gasteiger partial charge in [-0.05, 0) is 51.5 Å². The minimum absolute atomic E-state index is 0.818. The van der Waals surface area contributed by atoms with Gasteiger partial charge in [-0.2, -0.15) is 0 Å². The zero-order valence-electron chi connectivity index (χ0n) is 13.2. The van der Waals surface area contributed by atoms with Crippen molar-refractivity contribution in [3.05, 3.63) is 0 Å². The van der Waals surface area contributed by atoms with Crippen LogP contribution in [0.25, 0.3) is 0 Å². The molecule has 19 heavy (non-hydrogen) atoms. The van der Waals surface area contributed by atoms with Crippen LogP contribution in [0.2, 0.25) is 0 Å². The van der Waals surface area contributed by atoms with Gasteiger partial charge in [-0.3, -0.25) is 0 Å². The van der Waals surface area contributed by atoms with Gasteiger partial charge in [0.1, 0.15) is 0 Å². The monoisotopic (exact) mass is 266 g/mol. The van der Waals surface area contributed by atoms with E-state index in [1.807, 2.05) is 0 Å². The zero-order chi connectivity index (χ0) is 13.5. The van der Waals surface area contributed by atoms with E-state index in [9.17, 15) is 0 Å². The molecule has 0 aromatic carbocycles. The van der Waals surface area contributed by atoms with Crippen LogP contribution in [0.15, 0.2) is 0 Å². The van der Waals surface area contributed by atoms with Gasteiger partial charge in [-0.1, -0.05) is 32.6 Å². The summed E-state index contributed by atoms with van der Waals surface area (Å²) in [6.07, 6.45) is 14.3. The first kappa shape index (κ1) is 15.3. The summed E-state index contributed by atoms with van der Waals surface area (Å²) in [4.78, 5) is 2.61. The molecule has 1 N–H and O–H groups in total. The van der Waals surface area contributed by atoms with E-state index in [4.69, 9.17) is 0 Å². The quantitative estimate of drug-likeness (QED) is 0.786. The van der Waals surface area contributed by atoms with Gasteiger partial charge in [0, 0.05) is 25.2 Å². The highest BCUT2D eigenvalue weighted by molar-refractivity contribution is 4.79. The number of likely N-dealkylation sites (N-methyl/N-ethyl adjacent to an activating group) is 1. The maximum atomic E-state index is 3.77. The Balaban J connectivity index is 1.57. The average molecular weight is 266 g/mol. The predicted molar refractivity (Wildman–Crippen MR) is 83.5 cm³/mol. The molecule has 0 spiro atoms. The Morgan fingerprint density at radius 1 is 0.947 bits per heavy atom. The first-order chi connectivity index (χ1) is 9.29. The van der Waals surface area contributed by atoms with Crippen LogP contribution in [0.1, 0.15) is 71.1 Å². The highest BCUT2D eigenvalue weighted by Crippen LogP contribution is 2.28. The topological polar surface area (TPSA) is 15.3 Å². The third-order valence-corrected chi connectivity index (χ3v) is 5.52. The number of hydrogen-bond donors (Lipinski definition) is 1. The number of rotatable bonds is 6. The van der Waals surface area contributed by atoms with Crippen LogP contribution in [-0.2, 0) is 0 Å². The Bertz CT molecular complexity index is 227. The highest BCUT2D eigenvalue weighted by atomic mass is 15.1. The summed E-state index contributed by atoms with van der Waals surface area (Å²) in [6.45, 7) is 4.77. The Hall–Kier alpha value is -0.0800. The van der Waals surface area contributed by atoms with E-state index >= 15 is 0 Å². The fourth-order valence-corrected chi connectivity index (χ4v) is 3.93. The van der Waals surface area contributed by atoms with Crippen molar-refractivity contribution in [2.75, 3.05) is 20.1 Å². The van der Waals surface area contributed by atoms with Crippen molar-refractivity contribution in [2.24, 2.45) is 5.92 Å². The lowest BCUT2D eigenvalue weighted by Crippen LogP contribution is -2.41. The highest BCUT2D eigenvalue weighted by Gasteiger charge is 2.22. The molecule has 0 heterocycles. The minimum Gasteiger partial charge on any atom is -0.313 e. The van der Waals surface area contributed by atoms with Gasteiger partial charge < -0.3 is 10.2 Å². The molecule has 2 saturated carbocycles. The van der Waals surface area contributed by atoms with Gasteiger partial charge in [0.2, 0.25) is 0 Å². The molecule has 2 heteroatoms. The van der Waals surface area contributed by atoms with Gasteiger partial charge in [0.15, 0.2) is 0 Å². The summed E-state index contributed by atoms with van der Waals surface area (Å²) in [5, 5.41) is 3.77. The number of nitrogens with one attached hydrogen (secondary N) is 1. The lowest BCUT2D eigenvalue weighted by molar-refractivity contribution is 0.162. The van der Waals surface area contributed by atoms with Crippen molar-refractivity contribution in [3.8, 4) is 0 Å². The van der Waals surface area contributed by atoms with Gasteiger partial charge in [0.25, 0.3) is 0 Å². The summed E-state index contributed by atoms with van der Waals surface area (Å²) in [7, 11) is 2.33. The molecule has 2 aliphatic rings. The van der Waals surface area contributed by atoms with E-state index in [0.29, 0.717) is 0 Å². The molecule has 0 aromatic rings. The minimum atomic E-state index is 0.818. The summed E-state index contributed by atoms with van der Waals surface area (Å²) in [5.41, 5.74) is 0. The fraction of sp³-hybridized carbons (Fsp3) is 1.00. The van der Waals surface area contributed by atoms with Gasteiger partial charge >= 0.3 is 0 Å². The maximum absolute atomic E-state index is 3.77. The molecule has 0 aromatic heterocycles. The normalized spacial score (nSPS) is 29.8.